The van der Waals surface area contributed by atoms with Gasteiger partial charge in [-0.05, 0) is 61.6 Å². The number of ketones is 2. The molecule has 0 aliphatic heterocycles. The Hall–Kier alpha value is -5.34. The molecule has 1 aromatic heterocycles. The third kappa shape index (κ3) is 7.93. The van der Waals surface area contributed by atoms with E-state index in [-0.39, 0.29) is 35.4 Å². The first-order valence-electron chi connectivity index (χ1n) is 13.9. The van der Waals surface area contributed by atoms with E-state index in [0.29, 0.717) is 34.3 Å². The molecule has 1 fully saturated rings. The van der Waals surface area contributed by atoms with Gasteiger partial charge in [-0.15, -0.1) is 0 Å². The highest BCUT2D eigenvalue weighted by atomic mass is 16.7. The molecule has 44 heavy (non-hydrogen) atoms. The molecule has 0 atom stereocenters. The van der Waals surface area contributed by atoms with Crippen LogP contribution in [0.2, 0.25) is 0 Å². The lowest BCUT2D eigenvalue weighted by molar-refractivity contribution is -0.470. The molecule has 4 rings (SSSR count). The van der Waals surface area contributed by atoms with E-state index in [4.69, 9.17) is 9.25 Å². The molecular weight excluding hydrogens is 580 g/mol. The first kappa shape index (κ1) is 31.6. The molecular formula is C29H28N4O11. The zero-order valence-electron chi connectivity index (χ0n) is 23.7. The van der Waals surface area contributed by atoms with Gasteiger partial charge in [0.05, 0.1) is 0 Å². The lowest BCUT2D eigenvalue weighted by Crippen LogP contribution is -2.19. The van der Waals surface area contributed by atoms with E-state index in [2.05, 4.69) is 15.1 Å². The summed E-state index contributed by atoms with van der Waals surface area (Å²) in [6.07, 6.45) is 5.14. The van der Waals surface area contributed by atoms with Crippen molar-refractivity contribution >= 4 is 56.9 Å². The summed E-state index contributed by atoms with van der Waals surface area (Å²) in [7, 11) is 0. The van der Waals surface area contributed by atoms with Gasteiger partial charge in [-0.3, -0.25) is 29.8 Å². The Morgan fingerprint density at radius 3 is 1.77 bits per heavy atom. The zero-order valence-corrected chi connectivity index (χ0v) is 23.7. The lowest BCUT2D eigenvalue weighted by Gasteiger charge is -2.10. The molecule has 3 aromatic rings. The van der Waals surface area contributed by atoms with Crippen molar-refractivity contribution in [1.82, 2.24) is 0 Å². The van der Waals surface area contributed by atoms with Gasteiger partial charge in [-0.25, -0.2) is 9.59 Å². The van der Waals surface area contributed by atoms with Crippen LogP contribution in [0.5, 0.6) is 0 Å². The van der Waals surface area contributed by atoms with E-state index in [1.54, 1.807) is 25.1 Å². The molecule has 0 N–H and O–H groups in total. The Morgan fingerprint density at radius 1 is 0.818 bits per heavy atom. The second-order valence-corrected chi connectivity index (χ2v) is 10.2. The van der Waals surface area contributed by atoms with E-state index >= 15 is 0 Å². The van der Waals surface area contributed by atoms with Gasteiger partial charge in [0.25, 0.3) is 0 Å². The molecule has 230 valence electrons. The highest BCUT2D eigenvalue weighted by molar-refractivity contribution is 6.47. The Bertz CT molecular complexity index is 1700. The maximum Gasteiger partial charge on any atom is 0.405 e. The summed E-state index contributed by atoms with van der Waals surface area (Å²) in [5.41, 5.74) is 1.00. The molecule has 15 nitrogen and oxygen atoms in total. The number of fused-ring (bicyclic) bond motifs is 3. The minimum absolute atomic E-state index is 0.0490. The van der Waals surface area contributed by atoms with E-state index in [1.165, 1.54) is 18.2 Å². The number of nitro groups is 2. The normalized spacial score (nSPS) is 14.1. The highest BCUT2D eigenvalue weighted by Crippen LogP contribution is 2.32. The maximum atomic E-state index is 13.5. The Kier molecular flexibility index (Phi) is 10.2. The predicted octanol–water partition coefficient (Wildman–Crippen LogP) is 4.68. The fourth-order valence-electron chi connectivity index (χ4n) is 4.98. The molecule has 0 spiro atoms. The molecule has 1 saturated carbocycles. The lowest BCUT2D eigenvalue weighted by atomic mass is 9.95. The van der Waals surface area contributed by atoms with E-state index in [9.17, 15) is 39.4 Å². The number of furan rings is 1. The van der Waals surface area contributed by atoms with Crippen molar-refractivity contribution in [2.45, 2.75) is 51.9 Å². The molecule has 2 aromatic carbocycles. The second kappa shape index (κ2) is 14.2. The SMILES string of the molecule is CC/C(=N\OC(=O)C[N+](=O)[O-])C(=O)c1ccc2oc3ccc(C(=O)/C(CCC4CCCC4)=N/OC(=O)C[N+](=O)[O-])cc3c2c1. The smallest absolute Gasteiger partial charge is 0.405 e. The molecule has 0 radical (unpaired) electrons. The van der Waals surface area contributed by atoms with Crippen molar-refractivity contribution in [2.75, 3.05) is 13.1 Å². The van der Waals surface area contributed by atoms with E-state index < -0.39 is 46.4 Å². The number of carbonyl (C=O) groups excluding carboxylic acids is 4. The third-order valence-corrected chi connectivity index (χ3v) is 7.15. The average Bonchev–Trinajstić information content (AvgIpc) is 3.63. The maximum absolute atomic E-state index is 13.5. The Balaban J connectivity index is 1.63. The first-order chi connectivity index (χ1) is 21.0. The van der Waals surface area contributed by atoms with Gasteiger partial charge in [-0.2, -0.15) is 0 Å². The number of hydrogen-bond acceptors (Lipinski definition) is 13. The van der Waals surface area contributed by atoms with Crippen LogP contribution < -0.4 is 0 Å². The molecule has 0 amide bonds. The van der Waals surface area contributed by atoms with Crippen molar-refractivity contribution in [2.24, 2.45) is 16.2 Å². The minimum atomic E-state index is -1.22. The average molecular weight is 609 g/mol. The van der Waals surface area contributed by atoms with Crippen LogP contribution in [0.4, 0.5) is 0 Å². The van der Waals surface area contributed by atoms with Gasteiger partial charge in [-0.1, -0.05) is 42.9 Å². The van der Waals surface area contributed by atoms with Crippen molar-refractivity contribution in [1.29, 1.82) is 0 Å². The summed E-state index contributed by atoms with van der Waals surface area (Å²) in [4.78, 5) is 78.5. The molecule has 1 heterocycles. The van der Waals surface area contributed by atoms with Crippen LogP contribution in [0.15, 0.2) is 51.1 Å². The Labute approximate surface area is 249 Å². The summed E-state index contributed by atoms with van der Waals surface area (Å²) < 4.78 is 5.87. The standard InChI is InChI=1S/C29H28N4O11/c1-2-22(30-43-26(34)15-32(38)39)28(36)18-8-11-24-20(13-18)21-14-19(9-12-25(21)42-24)29(37)23(10-7-17-5-3-4-6-17)31-44-27(35)16-33(40)41/h8-9,11-14,17H,2-7,10,15-16H2,1H3/b30-22+,31-23+. The van der Waals surface area contributed by atoms with Crippen LogP contribution in [-0.2, 0) is 19.3 Å². The molecule has 1 aliphatic rings. The number of oxime groups is 2. The number of hydrogen-bond donors (Lipinski definition) is 0. The van der Waals surface area contributed by atoms with Crippen LogP contribution in [-0.4, -0.2) is 57.9 Å². The fourth-order valence-corrected chi connectivity index (χ4v) is 4.98. The first-order valence-corrected chi connectivity index (χ1v) is 13.9. The van der Waals surface area contributed by atoms with Crippen LogP contribution in [0.3, 0.4) is 0 Å². The van der Waals surface area contributed by atoms with Crippen LogP contribution in [0.25, 0.3) is 21.9 Å². The monoisotopic (exact) mass is 608 g/mol. The highest BCUT2D eigenvalue weighted by Gasteiger charge is 2.23. The van der Waals surface area contributed by atoms with Gasteiger partial charge < -0.3 is 14.1 Å². The summed E-state index contributed by atoms with van der Waals surface area (Å²) in [5.74, 6) is -3.13. The quantitative estimate of drug-likeness (QED) is 0.0805. The zero-order chi connectivity index (χ0) is 31.8. The summed E-state index contributed by atoms with van der Waals surface area (Å²) >= 11 is 0. The Morgan fingerprint density at radius 2 is 1.30 bits per heavy atom. The van der Waals surface area contributed by atoms with Crippen molar-refractivity contribution in [3.63, 3.8) is 0 Å². The van der Waals surface area contributed by atoms with E-state index in [1.807, 2.05) is 0 Å². The van der Waals surface area contributed by atoms with Gasteiger partial charge >= 0.3 is 25.0 Å². The van der Waals surface area contributed by atoms with Crippen LogP contribution in [0.1, 0.15) is 72.6 Å². The summed E-state index contributed by atoms with van der Waals surface area (Å²) in [6.45, 7) is -0.591. The topological polar surface area (TPSA) is 211 Å². The van der Waals surface area contributed by atoms with E-state index in [0.717, 1.165) is 25.7 Å². The molecule has 1 aliphatic carbocycles. The van der Waals surface area contributed by atoms with Gasteiger partial charge in [0.2, 0.25) is 11.6 Å². The third-order valence-electron chi connectivity index (χ3n) is 7.15. The number of benzene rings is 2. The summed E-state index contributed by atoms with van der Waals surface area (Å²) in [5, 5.41) is 29.3. The van der Waals surface area contributed by atoms with Crippen molar-refractivity contribution in [3.05, 3.63) is 67.8 Å². The van der Waals surface area contributed by atoms with Gasteiger partial charge in [0.15, 0.2) is 0 Å². The van der Waals surface area contributed by atoms with Crippen LogP contribution in [0, 0.1) is 26.1 Å². The van der Waals surface area contributed by atoms with Crippen molar-refractivity contribution in [3.8, 4) is 0 Å². The van der Waals surface area contributed by atoms with Gasteiger partial charge in [0, 0.05) is 31.7 Å². The largest absolute Gasteiger partial charge is 0.456 e. The summed E-state index contributed by atoms with van der Waals surface area (Å²) in [6, 6.07) is 9.21. The predicted molar refractivity (Wildman–Crippen MR) is 155 cm³/mol. The number of nitrogens with zero attached hydrogens (tertiary/aromatic N) is 4. The number of Topliss-reactive ketones (excluding diaryl/α,β-unsaturated/α-hetero) is 2. The van der Waals surface area contributed by atoms with Gasteiger partial charge in [0.1, 0.15) is 22.6 Å². The van der Waals surface area contributed by atoms with Crippen LogP contribution >= 0.6 is 0 Å². The number of carbonyl (C=O) groups is 4. The molecule has 15 heteroatoms. The fraction of sp³-hybridized carbons (Fsp3) is 0.379. The second-order valence-electron chi connectivity index (χ2n) is 10.2. The van der Waals surface area contributed by atoms with Crippen molar-refractivity contribution < 1.29 is 43.1 Å². The minimum Gasteiger partial charge on any atom is -0.456 e. The molecule has 0 bridgehead atoms. The molecule has 0 saturated heterocycles. The number of rotatable bonds is 14. The molecule has 0 unspecified atom stereocenters.